The fourth-order valence-electron chi connectivity index (χ4n) is 3.19. The zero-order valence-electron chi connectivity index (χ0n) is 12.0. The predicted octanol–water partition coefficient (Wildman–Crippen LogP) is 1.06. The number of rotatable bonds is 5. The Kier molecular flexibility index (Phi) is 3.97. The second-order valence-corrected chi connectivity index (χ2v) is 6.17. The first-order valence-electron chi connectivity index (χ1n) is 7.25. The van der Waals surface area contributed by atoms with Crippen molar-refractivity contribution in [1.82, 2.24) is 9.80 Å². The van der Waals surface area contributed by atoms with Crippen molar-refractivity contribution in [3.63, 3.8) is 0 Å². The Morgan fingerprint density at radius 2 is 2.11 bits per heavy atom. The van der Waals surface area contributed by atoms with E-state index in [-0.39, 0.29) is 5.91 Å². The highest BCUT2D eigenvalue weighted by molar-refractivity contribution is 5.86. The lowest BCUT2D eigenvalue weighted by Gasteiger charge is -2.33. The smallest absolute Gasteiger partial charge is 0.242 e. The number of carbonyl (C=O) groups excluding carboxylic acids is 1. The molecular weight excluding hydrogens is 226 g/mol. The zero-order valence-corrected chi connectivity index (χ0v) is 12.0. The Labute approximate surface area is 110 Å². The van der Waals surface area contributed by atoms with Gasteiger partial charge in [0.1, 0.15) is 0 Å². The maximum absolute atomic E-state index is 12.4. The highest BCUT2D eigenvalue weighted by Gasteiger charge is 2.45. The Morgan fingerprint density at radius 1 is 1.44 bits per heavy atom. The van der Waals surface area contributed by atoms with Gasteiger partial charge in [0, 0.05) is 19.6 Å². The van der Waals surface area contributed by atoms with Crippen LogP contribution in [0, 0.1) is 5.92 Å². The SMILES string of the molecule is CCN1CCCC1CN(C)C(=O)C(C)(N)C1CC1. The van der Waals surface area contributed by atoms with E-state index in [0.717, 1.165) is 25.9 Å². The molecular formula is C14H27N3O. The van der Waals surface area contributed by atoms with Gasteiger partial charge in [0.25, 0.3) is 0 Å². The Morgan fingerprint density at radius 3 is 2.67 bits per heavy atom. The molecule has 1 saturated heterocycles. The van der Waals surface area contributed by atoms with E-state index in [1.165, 1.54) is 19.4 Å². The van der Waals surface area contributed by atoms with Crippen LogP contribution in [0.15, 0.2) is 0 Å². The molecule has 18 heavy (non-hydrogen) atoms. The monoisotopic (exact) mass is 253 g/mol. The zero-order chi connectivity index (χ0) is 13.3. The van der Waals surface area contributed by atoms with Crippen LogP contribution in [0.1, 0.15) is 39.5 Å². The highest BCUT2D eigenvalue weighted by atomic mass is 16.2. The largest absolute Gasteiger partial charge is 0.343 e. The van der Waals surface area contributed by atoms with Gasteiger partial charge in [0.15, 0.2) is 0 Å². The number of amides is 1. The van der Waals surface area contributed by atoms with Gasteiger partial charge < -0.3 is 10.6 Å². The summed E-state index contributed by atoms with van der Waals surface area (Å²) in [6.07, 6.45) is 4.67. The third-order valence-electron chi connectivity index (χ3n) is 4.62. The third-order valence-corrected chi connectivity index (χ3v) is 4.62. The molecule has 1 aliphatic heterocycles. The molecule has 1 saturated carbocycles. The quantitative estimate of drug-likeness (QED) is 0.797. The van der Waals surface area contributed by atoms with E-state index in [4.69, 9.17) is 5.73 Å². The molecule has 4 heteroatoms. The van der Waals surface area contributed by atoms with Crippen LogP contribution in [0.2, 0.25) is 0 Å². The van der Waals surface area contributed by atoms with Crippen LogP contribution in [0.5, 0.6) is 0 Å². The summed E-state index contributed by atoms with van der Waals surface area (Å²) in [6, 6.07) is 0.527. The van der Waals surface area contributed by atoms with E-state index >= 15 is 0 Å². The summed E-state index contributed by atoms with van der Waals surface area (Å²) in [5.41, 5.74) is 5.55. The number of nitrogens with two attached hydrogens (primary N) is 1. The van der Waals surface area contributed by atoms with Gasteiger partial charge in [0.2, 0.25) is 5.91 Å². The molecule has 0 spiro atoms. The second-order valence-electron chi connectivity index (χ2n) is 6.17. The van der Waals surface area contributed by atoms with E-state index in [0.29, 0.717) is 12.0 Å². The summed E-state index contributed by atoms with van der Waals surface area (Å²) in [6.45, 7) is 7.17. The molecule has 1 aliphatic carbocycles. The van der Waals surface area contributed by atoms with Gasteiger partial charge >= 0.3 is 0 Å². The van der Waals surface area contributed by atoms with Crippen LogP contribution in [0.3, 0.4) is 0 Å². The van der Waals surface area contributed by atoms with Gasteiger partial charge in [-0.1, -0.05) is 6.92 Å². The molecule has 2 N–H and O–H groups in total. The van der Waals surface area contributed by atoms with Crippen LogP contribution < -0.4 is 5.73 Å². The molecule has 2 aliphatic rings. The van der Waals surface area contributed by atoms with E-state index in [1.54, 1.807) is 0 Å². The fraction of sp³-hybridized carbons (Fsp3) is 0.929. The van der Waals surface area contributed by atoms with Gasteiger partial charge in [-0.3, -0.25) is 9.69 Å². The molecule has 0 radical (unpaired) electrons. The molecule has 1 amide bonds. The Bertz CT molecular complexity index is 312. The van der Waals surface area contributed by atoms with Crippen LogP contribution >= 0.6 is 0 Å². The maximum Gasteiger partial charge on any atom is 0.242 e. The summed E-state index contributed by atoms with van der Waals surface area (Å²) in [4.78, 5) is 16.7. The Balaban J connectivity index is 1.90. The topological polar surface area (TPSA) is 49.6 Å². The van der Waals surface area contributed by atoms with Crippen LogP contribution in [0.4, 0.5) is 0 Å². The molecule has 104 valence electrons. The van der Waals surface area contributed by atoms with E-state index < -0.39 is 5.54 Å². The number of hydrogen-bond donors (Lipinski definition) is 1. The summed E-state index contributed by atoms with van der Waals surface area (Å²) in [7, 11) is 1.90. The number of hydrogen-bond acceptors (Lipinski definition) is 3. The van der Waals surface area contributed by atoms with Crippen LogP contribution in [0.25, 0.3) is 0 Å². The molecule has 2 rings (SSSR count). The van der Waals surface area contributed by atoms with Crippen LogP contribution in [-0.4, -0.2) is 54.0 Å². The van der Waals surface area contributed by atoms with Crippen molar-refractivity contribution in [3.8, 4) is 0 Å². The van der Waals surface area contributed by atoms with Crippen molar-refractivity contribution < 1.29 is 4.79 Å². The van der Waals surface area contributed by atoms with Gasteiger partial charge in [-0.15, -0.1) is 0 Å². The van der Waals surface area contributed by atoms with Gasteiger partial charge in [0.05, 0.1) is 5.54 Å². The van der Waals surface area contributed by atoms with Crippen molar-refractivity contribution in [2.45, 2.75) is 51.1 Å². The molecule has 4 nitrogen and oxygen atoms in total. The first-order valence-corrected chi connectivity index (χ1v) is 7.25. The Hall–Kier alpha value is -0.610. The molecule has 0 bridgehead atoms. The minimum absolute atomic E-state index is 0.118. The fourth-order valence-corrected chi connectivity index (χ4v) is 3.19. The minimum atomic E-state index is -0.648. The highest BCUT2D eigenvalue weighted by Crippen LogP contribution is 2.38. The van der Waals surface area contributed by atoms with E-state index in [2.05, 4.69) is 11.8 Å². The molecule has 1 heterocycles. The van der Waals surface area contributed by atoms with Gasteiger partial charge in [-0.2, -0.15) is 0 Å². The maximum atomic E-state index is 12.4. The lowest BCUT2D eigenvalue weighted by Crippen LogP contribution is -2.55. The van der Waals surface area contributed by atoms with E-state index in [9.17, 15) is 4.79 Å². The minimum Gasteiger partial charge on any atom is -0.343 e. The summed E-state index contributed by atoms with van der Waals surface area (Å²) < 4.78 is 0. The average Bonchev–Trinajstić information content (AvgIpc) is 3.10. The van der Waals surface area contributed by atoms with Crippen molar-refractivity contribution in [3.05, 3.63) is 0 Å². The summed E-state index contributed by atoms with van der Waals surface area (Å²) in [5, 5.41) is 0. The molecule has 2 atom stereocenters. The number of carbonyl (C=O) groups is 1. The van der Waals surface area contributed by atoms with Crippen LogP contribution in [-0.2, 0) is 4.79 Å². The first kappa shape index (κ1) is 13.8. The van der Waals surface area contributed by atoms with E-state index in [1.807, 2.05) is 18.9 Å². The standard InChI is InChI=1S/C14H27N3O/c1-4-17-9-5-6-12(17)10-16(3)13(18)14(2,15)11-7-8-11/h11-12H,4-10,15H2,1-3H3. The molecule has 2 unspecified atom stereocenters. The van der Waals surface area contributed by atoms with Crippen molar-refractivity contribution in [1.29, 1.82) is 0 Å². The lowest BCUT2D eigenvalue weighted by molar-refractivity contribution is -0.136. The normalized spacial score (nSPS) is 28.1. The summed E-state index contributed by atoms with van der Waals surface area (Å²) >= 11 is 0. The predicted molar refractivity (Wildman–Crippen MR) is 73.2 cm³/mol. The van der Waals surface area contributed by atoms with Crippen molar-refractivity contribution in [2.24, 2.45) is 11.7 Å². The first-order chi connectivity index (χ1) is 8.46. The molecule has 0 aromatic heterocycles. The molecule has 0 aromatic rings. The molecule has 0 aromatic carbocycles. The third kappa shape index (κ3) is 2.69. The number of likely N-dealkylation sites (tertiary alicyclic amines) is 1. The summed E-state index contributed by atoms with van der Waals surface area (Å²) in [5.74, 6) is 0.520. The van der Waals surface area contributed by atoms with Crippen molar-refractivity contribution >= 4 is 5.91 Å². The lowest BCUT2D eigenvalue weighted by atomic mass is 9.95. The molecule has 2 fully saturated rings. The van der Waals surface area contributed by atoms with Gasteiger partial charge in [-0.05, 0) is 51.6 Å². The number of likely N-dealkylation sites (N-methyl/N-ethyl adjacent to an activating group) is 2. The average molecular weight is 253 g/mol. The number of nitrogens with zero attached hydrogens (tertiary/aromatic N) is 2. The second kappa shape index (κ2) is 5.17. The van der Waals surface area contributed by atoms with Crippen molar-refractivity contribution in [2.75, 3.05) is 26.7 Å². The van der Waals surface area contributed by atoms with Gasteiger partial charge in [-0.25, -0.2) is 0 Å².